The monoisotopic (exact) mass is 922 g/mol. The second-order valence-electron chi connectivity index (χ2n) is 17.6. The number of nitrogens with zero attached hydrogens (tertiary/aromatic N) is 2. The highest BCUT2D eigenvalue weighted by molar-refractivity contribution is 6.03. The summed E-state index contributed by atoms with van der Waals surface area (Å²) in [5, 5.41) is 27.1. The van der Waals surface area contributed by atoms with Crippen molar-refractivity contribution < 1.29 is 48.3 Å². The number of methoxy groups -OCH3 is 1. The van der Waals surface area contributed by atoms with Gasteiger partial charge in [0, 0.05) is 31.1 Å². The summed E-state index contributed by atoms with van der Waals surface area (Å²) in [6, 6.07) is 34.1. The largest absolute Gasteiger partial charge is 0.496 e. The number of ether oxygens (including phenoxy) is 5. The molecular formula is C56H62N2O10. The van der Waals surface area contributed by atoms with E-state index in [9.17, 15) is 19.8 Å². The average Bonchev–Trinajstić information content (AvgIpc) is 3.36. The fraction of sp³-hybridized carbons (Fsp3) is 0.375. The summed E-state index contributed by atoms with van der Waals surface area (Å²) in [4.78, 5) is 34.9. The summed E-state index contributed by atoms with van der Waals surface area (Å²) in [6.45, 7) is 6.68. The number of oxime groups is 1. The first-order valence-corrected chi connectivity index (χ1v) is 23.8. The van der Waals surface area contributed by atoms with Gasteiger partial charge in [-0.2, -0.15) is 0 Å². The number of amides is 1. The predicted octanol–water partition coefficient (Wildman–Crippen LogP) is 10.9. The minimum atomic E-state index is -1.50. The standard InChI is InChI=1S/C56H62N2O10/c1-4-30-65-56-52(58(55(62)64-5-2)35-41-21-15-20-39-18-9-10-22-45(39)41)34-49(57-66-37-38-16-7-6-8-17-38)47-32-40(19-11-13-28-59)46(23-12-14-29-60)53(54(47)56)48-33-44(25-27-51(48)68-56)67-43-24-26-50(63-3)42(31-43)36-61/h4,6-10,15-18,20-22,24-27,31-33,36,40,46,52-54,59-60H,1,5,11-14,19,23,28-30,34-35,37H2,2-3H3. The number of allylic oxidation sites excluding steroid dienone is 1. The molecule has 8 rings (SSSR count). The first kappa shape index (κ1) is 48.0. The summed E-state index contributed by atoms with van der Waals surface area (Å²) >= 11 is 0. The second-order valence-corrected chi connectivity index (χ2v) is 17.6. The van der Waals surface area contributed by atoms with E-state index >= 15 is 0 Å². The van der Waals surface area contributed by atoms with Gasteiger partial charge in [0.15, 0.2) is 6.29 Å². The molecule has 1 heterocycles. The fourth-order valence-corrected chi connectivity index (χ4v) is 10.6. The Labute approximate surface area is 398 Å². The number of unbranched alkanes of at least 4 members (excludes halogenated alkanes) is 2. The van der Waals surface area contributed by atoms with Crippen LogP contribution in [-0.4, -0.2) is 78.6 Å². The van der Waals surface area contributed by atoms with E-state index in [1.165, 1.54) is 7.11 Å². The van der Waals surface area contributed by atoms with E-state index in [1.807, 2.05) is 72.8 Å². The number of benzene rings is 5. The molecule has 6 atom stereocenters. The topological polar surface area (TPSA) is 146 Å². The molecule has 12 nitrogen and oxygen atoms in total. The Morgan fingerprint density at radius 3 is 2.43 bits per heavy atom. The highest BCUT2D eigenvalue weighted by Gasteiger charge is 2.65. The van der Waals surface area contributed by atoms with Crippen LogP contribution in [0.5, 0.6) is 23.0 Å². The van der Waals surface area contributed by atoms with Crippen LogP contribution in [0.1, 0.15) is 84.8 Å². The lowest BCUT2D eigenvalue weighted by Crippen LogP contribution is -2.70. The molecule has 2 N–H and O–H groups in total. The van der Waals surface area contributed by atoms with Gasteiger partial charge in [-0.3, -0.25) is 9.69 Å². The smallest absolute Gasteiger partial charge is 0.410 e. The summed E-state index contributed by atoms with van der Waals surface area (Å²) in [5.74, 6) is -0.333. The van der Waals surface area contributed by atoms with Gasteiger partial charge >= 0.3 is 6.09 Å². The van der Waals surface area contributed by atoms with E-state index in [-0.39, 0.29) is 63.8 Å². The summed E-state index contributed by atoms with van der Waals surface area (Å²) in [5.41, 5.74) is 4.71. The van der Waals surface area contributed by atoms with Crippen molar-refractivity contribution >= 4 is 28.9 Å². The van der Waals surface area contributed by atoms with Crippen LogP contribution in [0.15, 0.2) is 139 Å². The third-order valence-corrected chi connectivity index (χ3v) is 13.6. The summed E-state index contributed by atoms with van der Waals surface area (Å²) in [7, 11) is 1.52. The van der Waals surface area contributed by atoms with Crippen molar-refractivity contribution in [3.63, 3.8) is 0 Å². The van der Waals surface area contributed by atoms with Gasteiger partial charge in [0.05, 0.1) is 44.1 Å². The Hall–Kier alpha value is -6.47. The van der Waals surface area contributed by atoms with Crippen LogP contribution in [0.4, 0.5) is 4.79 Å². The van der Waals surface area contributed by atoms with Gasteiger partial charge in [0.2, 0.25) is 5.79 Å². The molecule has 1 aliphatic heterocycles. The third-order valence-electron chi connectivity index (χ3n) is 13.6. The maximum absolute atomic E-state index is 14.8. The Morgan fingerprint density at radius 2 is 1.66 bits per heavy atom. The number of aliphatic hydroxyl groups is 2. The Kier molecular flexibility index (Phi) is 15.9. The number of carbonyl (C=O) groups is 2. The molecule has 12 heteroatoms. The highest BCUT2D eigenvalue weighted by Crippen LogP contribution is 2.62. The Morgan fingerprint density at radius 1 is 0.912 bits per heavy atom. The molecule has 3 aliphatic rings. The van der Waals surface area contributed by atoms with Crippen molar-refractivity contribution in [3.8, 4) is 23.0 Å². The molecule has 356 valence electrons. The number of carbonyl (C=O) groups excluding carboxylic acids is 2. The maximum Gasteiger partial charge on any atom is 0.410 e. The molecule has 0 aromatic heterocycles. The van der Waals surface area contributed by atoms with E-state index in [2.05, 4.69) is 30.9 Å². The zero-order valence-electron chi connectivity index (χ0n) is 39.0. The average molecular weight is 923 g/mol. The molecule has 0 spiro atoms. The molecule has 68 heavy (non-hydrogen) atoms. The van der Waals surface area contributed by atoms with Crippen LogP contribution < -0.4 is 14.2 Å². The van der Waals surface area contributed by atoms with Crippen molar-refractivity contribution in [1.82, 2.24) is 4.90 Å². The van der Waals surface area contributed by atoms with Crippen molar-refractivity contribution in [2.45, 2.75) is 82.8 Å². The number of hydrogen-bond donors (Lipinski definition) is 2. The van der Waals surface area contributed by atoms with Crippen molar-refractivity contribution in [1.29, 1.82) is 0 Å². The molecule has 0 radical (unpaired) electrons. The third kappa shape index (κ3) is 10.2. The zero-order chi connectivity index (χ0) is 47.5. The van der Waals surface area contributed by atoms with E-state index in [0.29, 0.717) is 47.1 Å². The Bertz CT molecular complexity index is 2590. The zero-order valence-corrected chi connectivity index (χ0v) is 39.0. The normalized spacial score (nSPS) is 22.0. The molecule has 1 saturated carbocycles. The lowest BCUT2D eigenvalue weighted by molar-refractivity contribution is -0.256. The fourth-order valence-electron chi connectivity index (χ4n) is 10.6. The van der Waals surface area contributed by atoms with Gasteiger partial charge in [-0.15, -0.1) is 6.58 Å². The number of aliphatic hydroxyl groups excluding tert-OH is 2. The quantitative estimate of drug-likeness (QED) is 0.0298. The van der Waals surface area contributed by atoms with Crippen LogP contribution in [0.3, 0.4) is 0 Å². The predicted molar refractivity (Wildman–Crippen MR) is 261 cm³/mol. The first-order chi connectivity index (χ1) is 33.4. The van der Waals surface area contributed by atoms with Crippen molar-refractivity contribution in [3.05, 3.63) is 156 Å². The minimum absolute atomic E-state index is 0.0133. The number of aldehydes is 1. The highest BCUT2D eigenvalue weighted by atomic mass is 16.7. The van der Waals surface area contributed by atoms with Crippen LogP contribution in [0, 0.1) is 17.8 Å². The molecular weight excluding hydrogens is 861 g/mol. The molecule has 5 aromatic carbocycles. The lowest BCUT2D eigenvalue weighted by atomic mass is 9.55. The number of hydrogen-bond acceptors (Lipinski definition) is 11. The lowest BCUT2D eigenvalue weighted by Gasteiger charge is -2.59. The molecule has 6 unspecified atom stereocenters. The van der Waals surface area contributed by atoms with Crippen LogP contribution in [0.25, 0.3) is 10.8 Å². The summed E-state index contributed by atoms with van der Waals surface area (Å²) < 4.78 is 32.5. The Balaban J connectivity index is 1.35. The van der Waals surface area contributed by atoms with Crippen LogP contribution >= 0.6 is 0 Å². The van der Waals surface area contributed by atoms with Gasteiger partial charge < -0.3 is 38.7 Å². The first-order valence-electron chi connectivity index (χ1n) is 23.8. The molecule has 0 saturated heterocycles. The molecule has 5 aromatic rings. The van der Waals surface area contributed by atoms with E-state index < -0.39 is 23.8 Å². The van der Waals surface area contributed by atoms with Gasteiger partial charge in [-0.1, -0.05) is 103 Å². The molecule has 0 bridgehead atoms. The molecule has 1 fully saturated rings. The minimum Gasteiger partial charge on any atom is -0.496 e. The van der Waals surface area contributed by atoms with E-state index in [0.717, 1.165) is 65.0 Å². The molecule has 1 amide bonds. The van der Waals surface area contributed by atoms with E-state index in [4.69, 9.17) is 33.7 Å². The number of fused-ring (bicyclic) bond motifs is 3. The molecule has 2 aliphatic carbocycles. The van der Waals surface area contributed by atoms with Crippen molar-refractivity contribution in [2.75, 3.05) is 33.5 Å². The second kappa shape index (κ2) is 22.6. The van der Waals surface area contributed by atoms with Gasteiger partial charge in [-0.05, 0) is 108 Å². The van der Waals surface area contributed by atoms with Crippen molar-refractivity contribution in [2.24, 2.45) is 22.9 Å². The van der Waals surface area contributed by atoms with Crippen LogP contribution in [0.2, 0.25) is 0 Å². The summed E-state index contributed by atoms with van der Waals surface area (Å²) in [6.07, 6.45) is 8.83. The number of rotatable bonds is 22. The van der Waals surface area contributed by atoms with Crippen LogP contribution in [-0.2, 0) is 27.5 Å². The SMILES string of the molecule is C=CCOC12Oc3ccc(Oc4ccc(OC)c(C=O)c4)cc3C3C(CCCCO)C(CCCCO)C=C(C(=NOCc4ccccc4)CC1N(Cc1cccc4ccccc14)C(=O)OCC)C32. The van der Waals surface area contributed by atoms with Gasteiger partial charge in [0.1, 0.15) is 35.6 Å². The van der Waals surface area contributed by atoms with Gasteiger partial charge in [0.25, 0.3) is 0 Å². The maximum atomic E-state index is 14.8. The van der Waals surface area contributed by atoms with E-state index in [1.54, 1.807) is 36.1 Å². The van der Waals surface area contributed by atoms with Gasteiger partial charge in [-0.25, -0.2) is 4.79 Å².